The number of ether oxygens (including phenoxy) is 1. The van der Waals surface area contributed by atoms with E-state index in [9.17, 15) is 9.18 Å². The molecule has 0 bridgehead atoms. The van der Waals surface area contributed by atoms with Crippen molar-refractivity contribution in [3.8, 4) is 5.75 Å². The van der Waals surface area contributed by atoms with E-state index in [1.807, 2.05) is 6.07 Å². The number of pyridine rings is 1. The summed E-state index contributed by atoms with van der Waals surface area (Å²) in [5.74, 6) is -0.283. The van der Waals surface area contributed by atoms with E-state index in [0.717, 1.165) is 6.07 Å². The summed E-state index contributed by atoms with van der Waals surface area (Å²) >= 11 is 0. The second-order valence-corrected chi connectivity index (χ2v) is 12.4. The van der Waals surface area contributed by atoms with E-state index >= 15 is 0 Å². The van der Waals surface area contributed by atoms with Crippen molar-refractivity contribution < 1.29 is 18.3 Å². The van der Waals surface area contributed by atoms with Crippen molar-refractivity contribution in [2.24, 2.45) is 0 Å². The summed E-state index contributed by atoms with van der Waals surface area (Å²) in [5, 5.41) is 2.61. The zero-order valence-corrected chi connectivity index (χ0v) is 16.8. The van der Waals surface area contributed by atoms with Crippen LogP contribution in [-0.4, -0.2) is 19.4 Å². The van der Waals surface area contributed by atoms with Gasteiger partial charge in [-0.2, -0.15) is 4.39 Å². The molecular formula is C19H25FN2O3Si. The summed E-state index contributed by atoms with van der Waals surface area (Å²) in [7, 11) is -1.99. The number of carbonyl (C=O) groups is 1. The number of nitrogens with zero attached hydrogens (tertiary/aromatic N) is 1. The molecule has 0 saturated carbocycles. The molecule has 0 aliphatic rings. The van der Waals surface area contributed by atoms with Gasteiger partial charge in [-0.15, -0.1) is 0 Å². The third kappa shape index (κ3) is 5.37. The van der Waals surface area contributed by atoms with E-state index in [-0.39, 0.29) is 17.3 Å². The van der Waals surface area contributed by atoms with Crippen molar-refractivity contribution in [1.29, 1.82) is 0 Å². The first-order chi connectivity index (χ1) is 12.1. The molecule has 140 valence electrons. The number of nitrogens with one attached hydrogen (secondary N) is 1. The molecule has 1 heterocycles. The minimum absolute atomic E-state index is 0.0420. The van der Waals surface area contributed by atoms with Gasteiger partial charge in [-0.3, -0.25) is 5.32 Å². The first-order valence-corrected chi connectivity index (χ1v) is 11.3. The Morgan fingerprint density at radius 1 is 1.23 bits per heavy atom. The summed E-state index contributed by atoms with van der Waals surface area (Å²) in [6.45, 7) is 10.9. The largest absolute Gasteiger partial charge is 0.417 e. The number of anilines is 1. The highest BCUT2D eigenvalue weighted by molar-refractivity contribution is 6.74. The van der Waals surface area contributed by atoms with Crippen molar-refractivity contribution in [3.63, 3.8) is 0 Å². The summed E-state index contributed by atoms with van der Waals surface area (Å²) in [6, 6.07) is 9.82. The van der Waals surface area contributed by atoms with Gasteiger partial charge in [0.25, 0.3) is 0 Å². The predicted octanol–water partition coefficient (Wildman–Crippen LogP) is 5.35. The normalized spacial score (nSPS) is 11.9. The van der Waals surface area contributed by atoms with E-state index in [2.05, 4.69) is 44.2 Å². The molecular weight excluding hydrogens is 351 g/mol. The Morgan fingerprint density at radius 3 is 2.50 bits per heavy atom. The van der Waals surface area contributed by atoms with Crippen molar-refractivity contribution in [3.05, 3.63) is 54.1 Å². The third-order valence-corrected chi connectivity index (χ3v) is 9.02. The molecule has 0 atom stereocenters. The molecule has 1 N–H and O–H groups in total. The highest BCUT2D eigenvalue weighted by Gasteiger charge is 2.37. The number of hydrogen-bond acceptors (Lipinski definition) is 4. The first-order valence-electron chi connectivity index (χ1n) is 8.41. The van der Waals surface area contributed by atoms with E-state index in [0.29, 0.717) is 11.3 Å². The number of aromatic nitrogens is 1. The van der Waals surface area contributed by atoms with Crippen LogP contribution in [0.2, 0.25) is 18.1 Å². The van der Waals surface area contributed by atoms with E-state index in [1.54, 1.807) is 24.3 Å². The maximum absolute atomic E-state index is 13.6. The zero-order valence-electron chi connectivity index (χ0n) is 15.8. The first kappa shape index (κ1) is 20.1. The monoisotopic (exact) mass is 376 g/mol. The average Bonchev–Trinajstić information content (AvgIpc) is 2.54. The third-order valence-electron chi connectivity index (χ3n) is 4.54. The lowest BCUT2D eigenvalue weighted by Gasteiger charge is -2.36. The van der Waals surface area contributed by atoms with Crippen molar-refractivity contribution in [1.82, 2.24) is 4.98 Å². The van der Waals surface area contributed by atoms with Gasteiger partial charge in [0.15, 0.2) is 8.32 Å². The number of amides is 1. The van der Waals surface area contributed by atoms with Gasteiger partial charge in [0, 0.05) is 17.8 Å². The zero-order chi connectivity index (χ0) is 19.4. The number of benzene rings is 1. The molecule has 0 aliphatic carbocycles. The molecule has 0 fully saturated rings. The molecule has 7 heteroatoms. The highest BCUT2D eigenvalue weighted by Crippen LogP contribution is 2.37. The van der Waals surface area contributed by atoms with Crippen LogP contribution in [-0.2, 0) is 11.0 Å². The Balaban J connectivity index is 2.11. The summed E-state index contributed by atoms with van der Waals surface area (Å²) < 4.78 is 24.9. The lowest BCUT2D eigenvalue weighted by molar-refractivity contribution is 0.215. The molecule has 1 aromatic heterocycles. The minimum Gasteiger partial charge on any atom is -0.412 e. The van der Waals surface area contributed by atoms with Crippen LogP contribution in [0, 0.1) is 5.95 Å². The molecule has 2 aromatic rings. The van der Waals surface area contributed by atoms with Gasteiger partial charge in [-0.1, -0.05) is 39.0 Å². The van der Waals surface area contributed by atoms with Crippen LogP contribution >= 0.6 is 0 Å². The lowest BCUT2D eigenvalue weighted by atomic mass is 10.2. The van der Waals surface area contributed by atoms with Gasteiger partial charge < -0.3 is 9.16 Å². The van der Waals surface area contributed by atoms with Crippen LogP contribution in [0.4, 0.5) is 14.9 Å². The van der Waals surface area contributed by atoms with Crippen LogP contribution in [0.3, 0.4) is 0 Å². The van der Waals surface area contributed by atoms with Gasteiger partial charge in [0.1, 0.15) is 5.75 Å². The fourth-order valence-electron chi connectivity index (χ4n) is 1.90. The van der Waals surface area contributed by atoms with Gasteiger partial charge >= 0.3 is 6.09 Å². The summed E-state index contributed by atoms with van der Waals surface area (Å²) in [4.78, 5) is 15.8. The number of halogens is 1. The van der Waals surface area contributed by atoms with Gasteiger partial charge in [0.05, 0.1) is 12.3 Å². The molecule has 0 aliphatic heterocycles. The van der Waals surface area contributed by atoms with E-state index < -0.39 is 20.4 Å². The fraction of sp³-hybridized carbons (Fsp3) is 0.368. The van der Waals surface area contributed by atoms with Crippen molar-refractivity contribution in [2.45, 2.75) is 45.5 Å². The number of rotatable bonds is 5. The van der Waals surface area contributed by atoms with Gasteiger partial charge in [-0.05, 0) is 30.3 Å². The summed E-state index contributed by atoms with van der Waals surface area (Å²) in [5.41, 5.74) is 0.887. The molecule has 0 spiro atoms. The predicted molar refractivity (Wildman–Crippen MR) is 102 cm³/mol. The SMILES string of the molecule is CC(C)(C)[Si](C)(C)OCc1cnc(F)cc1NC(=O)Oc1ccccc1. The van der Waals surface area contributed by atoms with E-state index in [4.69, 9.17) is 9.16 Å². The standard InChI is InChI=1S/C19H25FN2O3Si/c1-19(2,3)26(4,5)24-13-14-12-21-17(20)11-16(14)22-18(23)25-15-9-7-6-8-10-15/h6-12H,13H2,1-5H3,(H,21,22,23). The second kappa shape index (κ2) is 7.97. The topological polar surface area (TPSA) is 60.5 Å². The Bertz CT molecular complexity index is 761. The number of para-hydroxylation sites is 1. The Kier molecular flexibility index (Phi) is 6.15. The quantitative estimate of drug-likeness (QED) is 0.564. The minimum atomic E-state index is -1.99. The molecule has 0 unspecified atom stereocenters. The van der Waals surface area contributed by atoms with Crippen molar-refractivity contribution in [2.75, 3.05) is 5.32 Å². The maximum atomic E-state index is 13.6. The Morgan fingerprint density at radius 2 is 1.88 bits per heavy atom. The maximum Gasteiger partial charge on any atom is 0.417 e. The van der Waals surface area contributed by atoms with Gasteiger partial charge in [0.2, 0.25) is 5.95 Å². The smallest absolute Gasteiger partial charge is 0.412 e. The Labute approximate surface area is 154 Å². The number of carbonyl (C=O) groups excluding carboxylic acids is 1. The van der Waals surface area contributed by atoms with Crippen LogP contribution in [0.5, 0.6) is 5.75 Å². The lowest BCUT2D eigenvalue weighted by Crippen LogP contribution is -2.40. The number of hydrogen-bond donors (Lipinski definition) is 1. The molecule has 0 saturated heterocycles. The van der Waals surface area contributed by atoms with Crippen molar-refractivity contribution >= 4 is 20.1 Å². The fourth-order valence-corrected chi connectivity index (χ4v) is 2.84. The van der Waals surface area contributed by atoms with Crippen LogP contribution < -0.4 is 10.1 Å². The molecule has 26 heavy (non-hydrogen) atoms. The molecule has 5 nitrogen and oxygen atoms in total. The van der Waals surface area contributed by atoms with Gasteiger partial charge in [-0.25, -0.2) is 9.78 Å². The molecule has 1 amide bonds. The second-order valence-electron chi connectivity index (χ2n) is 7.54. The molecule has 0 radical (unpaired) electrons. The average molecular weight is 377 g/mol. The highest BCUT2D eigenvalue weighted by atomic mass is 28.4. The van der Waals surface area contributed by atoms with Crippen LogP contribution in [0.1, 0.15) is 26.3 Å². The van der Waals surface area contributed by atoms with Crippen LogP contribution in [0.25, 0.3) is 0 Å². The molecule has 2 rings (SSSR count). The summed E-state index contributed by atoms with van der Waals surface area (Å²) in [6.07, 6.45) is 0.677. The Hall–Kier alpha value is -2.25. The van der Waals surface area contributed by atoms with E-state index in [1.165, 1.54) is 6.20 Å². The molecule has 1 aromatic carbocycles. The van der Waals surface area contributed by atoms with Crippen LogP contribution in [0.15, 0.2) is 42.6 Å².